The third kappa shape index (κ3) is 5.72. The highest BCUT2D eigenvalue weighted by Gasteiger charge is 2.33. The van der Waals surface area contributed by atoms with Gasteiger partial charge in [0, 0.05) is 31.5 Å². The zero-order valence-corrected chi connectivity index (χ0v) is 20.2. The van der Waals surface area contributed by atoms with Crippen molar-refractivity contribution in [2.75, 3.05) is 26.2 Å². The van der Waals surface area contributed by atoms with Gasteiger partial charge >= 0.3 is 0 Å². The predicted octanol–water partition coefficient (Wildman–Crippen LogP) is 4.32. The summed E-state index contributed by atoms with van der Waals surface area (Å²) in [5, 5.41) is 3.37. The van der Waals surface area contributed by atoms with E-state index in [-0.39, 0.29) is 23.3 Å². The van der Waals surface area contributed by atoms with Gasteiger partial charge in [0.1, 0.15) is 0 Å². The minimum absolute atomic E-state index is 0.0517. The van der Waals surface area contributed by atoms with Crippen molar-refractivity contribution >= 4 is 11.8 Å². The molecule has 4 rings (SSSR count). The van der Waals surface area contributed by atoms with Crippen LogP contribution < -0.4 is 5.32 Å². The van der Waals surface area contributed by atoms with Crippen LogP contribution in [0.25, 0.3) is 0 Å². The molecule has 0 aromatic heterocycles. The molecule has 2 fully saturated rings. The molecule has 32 heavy (non-hydrogen) atoms. The fourth-order valence-corrected chi connectivity index (χ4v) is 5.77. The first kappa shape index (κ1) is 23.3. The molecule has 1 aromatic rings. The number of carbonyl (C=O) groups is 2. The third-order valence-electron chi connectivity index (χ3n) is 7.60. The number of likely N-dealkylation sites (tertiary alicyclic amines) is 2. The van der Waals surface area contributed by atoms with Crippen molar-refractivity contribution in [1.82, 2.24) is 15.1 Å². The maximum absolute atomic E-state index is 13.0. The average Bonchev–Trinajstić information content (AvgIpc) is 2.78. The number of amides is 2. The van der Waals surface area contributed by atoms with E-state index in [9.17, 15) is 9.59 Å². The van der Waals surface area contributed by atoms with E-state index >= 15 is 0 Å². The highest BCUT2D eigenvalue weighted by Crippen LogP contribution is 2.31. The molecule has 5 nitrogen and oxygen atoms in total. The molecule has 0 radical (unpaired) electrons. The highest BCUT2D eigenvalue weighted by molar-refractivity contribution is 5.79. The Balaban J connectivity index is 1.22. The molecule has 0 bridgehead atoms. The van der Waals surface area contributed by atoms with E-state index in [1.54, 1.807) is 0 Å². The first-order valence-corrected chi connectivity index (χ1v) is 12.7. The summed E-state index contributed by atoms with van der Waals surface area (Å²) in [6, 6.07) is 9.31. The summed E-state index contributed by atoms with van der Waals surface area (Å²) in [4.78, 5) is 30.2. The number of hydrogen-bond donors (Lipinski definition) is 1. The van der Waals surface area contributed by atoms with Gasteiger partial charge in [0.15, 0.2) is 0 Å². The molecule has 3 aliphatic rings. The fourth-order valence-electron chi connectivity index (χ4n) is 5.77. The maximum atomic E-state index is 13.0. The van der Waals surface area contributed by atoms with Crippen molar-refractivity contribution in [3.63, 3.8) is 0 Å². The molecule has 1 N–H and O–H groups in total. The number of benzene rings is 1. The number of piperidine rings is 2. The zero-order valence-electron chi connectivity index (χ0n) is 20.2. The van der Waals surface area contributed by atoms with Gasteiger partial charge < -0.3 is 15.1 Å². The number of nitrogens with one attached hydrogen (secondary N) is 1. The highest BCUT2D eigenvalue weighted by atomic mass is 16.2. The second-order valence-corrected chi connectivity index (χ2v) is 11.3. The molecule has 5 heteroatoms. The van der Waals surface area contributed by atoms with Crippen LogP contribution in [0.1, 0.15) is 82.9 Å². The van der Waals surface area contributed by atoms with E-state index in [0.29, 0.717) is 18.4 Å². The lowest BCUT2D eigenvalue weighted by Gasteiger charge is -2.42. The Hall–Kier alpha value is -1.88. The first-order chi connectivity index (χ1) is 15.3. The molecule has 2 saturated heterocycles. The van der Waals surface area contributed by atoms with E-state index in [1.165, 1.54) is 11.1 Å². The minimum atomic E-state index is 0.0517. The van der Waals surface area contributed by atoms with Crippen LogP contribution in [0, 0.1) is 11.3 Å². The summed E-state index contributed by atoms with van der Waals surface area (Å²) in [6.07, 6.45) is 7.97. The van der Waals surface area contributed by atoms with Gasteiger partial charge in [-0.25, -0.2) is 0 Å². The number of aryl methyl sites for hydroxylation is 1. The molecule has 2 heterocycles. The standard InChI is InChI=1S/C27H41N3O2/c1-27(2,3)19-25(31)30-17-13-22(14-18-30)29-15-11-21(12-16-29)26(32)28-24-10-6-8-20-7-4-5-9-23(20)24/h4-5,7,9,21-22,24H,6,8,10-19H2,1-3H3,(H,28,32). The van der Waals surface area contributed by atoms with Gasteiger partial charge in [0.05, 0.1) is 6.04 Å². The molecule has 176 valence electrons. The molecule has 1 aliphatic carbocycles. The molecule has 0 spiro atoms. The van der Waals surface area contributed by atoms with Crippen molar-refractivity contribution in [2.24, 2.45) is 11.3 Å². The summed E-state index contributed by atoms with van der Waals surface area (Å²) in [6.45, 7) is 10.1. The van der Waals surface area contributed by atoms with E-state index in [1.807, 2.05) is 0 Å². The Morgan fingerprint density at radius 1 is 0.969 bits per heavy atom. The topological polar surface area (TPSA) is 52.7 Å². The third-order valence-corrected chi connectivity index (χ3v) is 7.60. The van der Waals surface area contributed by atoms with Gasteiger partial charge in [0.25, 0.3) is 0 Å². The SMILES string of the molecule is CC(C)(C)CC(=O)N1CCC(N2CCC(C(=O)NC3CCCc4ccccc43)CC2)CC1. The molecule has 2 aliphatic heterocycles. The van der Waals surface area contributed by atoms with Crippen molar-refractivity contribution in [3.05, 3.63) is 35.4 Å². The summed E-state index contributed by atoms with van der Waals surface area (Å²) in [5.74, 6) is 0.679. The van der Waals surface area contributed by atoms with Crippen LogP contribution in [0.2, 0.25) is 0 Å². The normalized spacial score (nSPS) is 23.6. The van der Waals surface area contributed by atoms with Crippen LogP contribution in [0.3, 0.4) is 0 Å². The summed E-state index contributed by atoms with van der Waals surface area (Å²) >= 11 is 0. The van der Waals surface area contributed by atoms with E-state index in [0.717, 1.165) is 71.1 Å². The Bertz CT molecular complexity index is 799. The molecule has 1 atom stereocenters. The van der Waals surface area contributed by atoms with Crippen LogP contribution in [0.5, 0.6) is 0 Å². The van der Waals surface area contributed by atoms with Crippen LogP contribution in [-0.4, -0.2) is 53.8 Å². The lowest BCUT2D eigenvalue weighted by molar-refractivity contribution is -0.135. The number of fused-ring (bicyclic) bond motifs is 1. The Morgan fingerprint density at radius 2 is 1.66 bits per heavy atom. The van der Waals surface area contributed by atoms with Gasteiger partial charge in [0.2, 0.25) is 11.8 Å². The fraction of sp³-hybridized carbons (Fsp3) is 0.704. The number of rotatable bonds is 4. The molecular weight excluding hydrogens is 398 g/mol. The van der Waals surface area contributed by atoms with Crippen LogP contribution >= 0.6 is 0 Å². The molecular formula is C27H41N3O2. The molecule has 1 unspecified atom stereocenters. The maximum Gasteiger partial charge on any atom is 0.223 e. The molecule has 2 amide bonds. The number of carbonyl (C=O) groups excluding carboxylic acids is 2. The van der Waals surface area contributed by atoms with Crippen LogP contribution in [-0.2, 0) is 16.0 Å². The van der Waals surface area contributed by atoms with E-state index in [4.69, 9.17) is 0 Å². The van der Waals surface area contributed by atoms with Gasteiger partial charge in [-0.1, -0.05) is 45.0 Å². The molecule has 1 aromatic carbocycles. The van der Waals surface area contributed by atoms with Crippen molar-refractivity contribution in [1.29, 1.82) is 0 Å². The van der Waals surface area contributed by atoms with Gasteiger partial charge in [-0.3, -0.25) is 9.59 Å². The second kappa shape index (κ2) is 9.94. The minimum Gasteiger partial charge on any atom is -0.349 e. The number of hydrogen-bond acceptors (Lipinski definition) is 3. The molecule has 0 saturated carbocycles. The van der Waals surface area contributed by atoms with Crippen LogP contribution in [0.15, 0.2) is 24.3 Å². The lowest BCUT2D eigenvalue weighted by Crippen LogP contribution is -2.50. The summed E-state index contributed by atoms with van der Waals surface area (Å²) < 4.78 is 0. The largest absolute Gasteiger partial charge is 0.349 e. The van der Waals surface area contributed by atoms with Gasteiger partial charge in [-0.15, -0.1) is 0 Å². The van der Waals surface area contributed by atoms with Crippen LogP contribution in [0.4, 0.5) is 0 Å². The first-order valence-electron chi connectivity index (χ1n) is 12.7. The Labute approximate surface area is 193 Å². The smallest absolute Gasteiger partial charge is 0.223 e. The lowest BCUT2D eigenvalue weighted by atomic mass is 9.86. The quantitative estimate of drug-likeness (QED) is 0.760. The predicted molar refractivity (Wildman–Crippen MR) is 128 cm³/mol. The van der Waals surface area contributed by atoms with Crippen molar-refractivity contribution in [2.45, 2.75) is 84.2 Å². The number of nitrogens with zero attached hydrogens (tertiary/aromatic N) is 2. The zero-order chi connectivity index (χ0) is 22.7. The monoisotopic (exact) mass is 439 g/mol. The van der Waals surface area contributed by atoms with Crippen molar-refractivity contribution < 1.29 is 9.59 Å². The van der Waals surface area contributed by atoms with Crippen molar-refractivity contribution in [3.8, 4) is 0 Å². The Kier molecular flexibility index (Phi) is 7.24. The Morgan fingerprint density at radius 3 is 2.34 bits per heavy atom. The second-order valence-electron chi connectivity index (χ2n) is 11.3. The van der Waals surface area contributed by atoms with E-state index < -0.39 is 0 Å². The summed E-state index contributed by atoms with van der Waals surface area (Å²) in [5.41, 5.74) is 2.76. The van der Waals surface area contributed by atoms with Gasteiger partial charge in [-0.05, 0) is 74.6 Å². The average molecular weight is 440 g/mol. The van der Waals surface area contributed by atoms with E-state index in [2.05, 4.69) is 60.2 Å². The summed E-state index contributed by atoms with van der Waals surface area (Å²) in [7, 11) is 0. The van der Waals surface area contributed by atoms with Gasteiger partial charge in [-0.2, -0.15) is 0 Å².